The van der Waals surface area contributed by atoms with Gasteiger partial charge in [0, 0.05) is 29.4 Å². The Morgan fingerprint density at radius 2 is 1.88 bits per heavy atom. The predicted octanol–water partition coefficient (Wildman–Crippen LogP) is 5.23. The molecule has 2 aromatic heterocycles. The lowest BCUT2D eigenvalue weighted by molar-refractivity contribution is 0.321. The van der Waals surface area contributed by atoms with Crippen molar-refractivity contribution in [3.05, 3.63) is 67.2 Å². The molecule has 3 rings (SSSR count). The highest BCUT2D eigenvalue weighted by Crippen LogP contribution is 2.27. The third kappa shape index (κ3) is 3.86. The Morgan fingerprint density at radius 3 is 2.52 bits per heavy atom. The van der Waals surface area contributed by atoms with Crippen molar-refractivity contribution in [2.24, 2.45) is 0 Å². The van der Waals surface area contributed by atoms with E-state index < -0.39 is 0 Å². The average molecular weight is 356 g/mol. The second-order valence-electron chi connectivity index (χ2n) is 7.15. The topological polar surface area (TPSA) is 33.5 Å². The van der Waals surface area contributed by atoms with Crippen LogP contribution in [0.2, 0.25) is 0 Å². The van der Waals surface area contributed by atoms with Crippen LogP contribution in [-0.2, 0) is 13.1 Å². The third-order valence-corrected chi connectivity index (χ3v) is 5.67. The highest BCUT2D eigenvalue weighted by atomic mass is 32.1. The number of benzene rings is 1. The Kier molecular flexibility index (Phi) is 5.11. The predicted molar refractivity (Wildman–Crippen MR) is 106 cm³/mol. The molecule has 2 heterocycles. The summed E-state index contributed by atoms with van der Waals surface area (Å²) >= 11 is 1.78. The monoisotopic (exact) mass is 355 g/mol. The summed E-state index contributed by atoms with van der Waals surface area (Å²) in [5.41, 5.74) is 5.24. The van der Waals surface area contributed by atoms with Gasteiger partial charge in [-0.25, -0.2) is 4.79 Å². The number of thiophene rings is 1. The highest BCUT2D eigenvalue weighted by Gasteiger charge is 2.13. The minimum atomic E-state index is -0.278. The molecule has 0 aliphatic carbocycles. The number of hydrogen-bond acceptors (Lipinski definition) is 4. The van der Waals surface area contributed by atoms with Crippen LogP contribution >= 0.6 is 11.3 Å². The largest absolute Gasteiger partial charge is 0.423 e. The van der Waals surface area contributed by atoms with E-state index in [-0.39, 0.29) is 5.63 Å². The van der Waals surface area contributed by atoms with Crippen molar-refractivity contribution < 1.29 is 4.42 Å². The molecule has 1 aromatic carbocycles. The molecule has 0 aliphatic heterocycles. The van der Waals surface area contributed by atoms with Gasteiger partial charge in [-0.05, 0) is 72.6 Å². The summed E-state index contributed by atoms with van der Waals surface area (Å²) in [7, 11) is 2.09. The van der Waals surface area contributed by atoms with Gasteiger partial charge in [0.15, 0.2) is 0 Å². The highest BCUT2D eigenvalue weighted by molar-refractivity contribution is 7.10. The van der Waals surface area contributed by atoms with Crippen molar-refractivity contribution in [2.45, 2.75) is 46.7 Å². The second kappa shape index (κ2) is 7.14. The first-order chi connectivity index (χ1) is 11.8. The van der Waals surface area contributed by atoms with Gasteiger partial charge < -0.3 is 4.42 Å². The summed E-state index contributed by atoms with van der Waals surface area (Å²) in [6.45, 7) is 10.2. The molecule has 0 atom stereocenters. The van der Waals surface area contributed by atoms with Crippen LogP contribution in [0.15, 0.2) is 38.9 Å². The van der Waals surface area contributed by atoms with Crippen LogP contribution in [0, 0.1) is 13.8 Å². The first-order valence-corrected chi connectivity index (χ1v) is 9.52. The average Bonchev–Trinajstić information content (AvgIpc) is 2.91. The van der Waals surface area contributed by atoms with Crippen LogP contribution in [-0.4, -0.2) is 11.9 Å². The maximum absolute atomic E-state index is 12.0. The molecule has 25 heavy (non-hydrogen) atoms. The molecule has 3 nitrogen and oxygen atoms in total. The van der Waals surface area contributed by atoms with Crippen LogP contribution in [0.5, 0.6) is 0 Å². The van der Waals surface area contributed by atoms with Crippen LogP contribution in [0.3, 0.4) is 0 Å². The van der Waals surface area contributed by atoms with Crippen molar-refractivity contribution in [3.8, 4) is 0 Å². The smallest absolute Gasteiger partial charge is 0.336 e. The molecule has 0 bridgehead atoms. The van der Waals surface area contributed by atoms with Crippen LogP contribution in [0.25, 0.3) is 11.0 Å². The van der Waals surface area contributed by atoms with Gasteiger partial charge in [-0.15, -0.1) is 11.3 Å². The molecular formula is C21H25NO2S. The van der Waals surface area contributed by atoms with Crippen LogP contribution in [0.1, 0.15) is 46.9 Å². The third-order valence-electron chi connectivity index (χ3n) is 4.66. The van der Waals surface area contributed by atoms with E-state index in [1.54, 1.807) is 17.4 Å². The lowest BCUT2D eigenvalue weighted by atomic mass is 9.95. The van der Waals surface area contributed by atoms with Crippen LogP contribution in [0.4, 0.5) is 0 Å². The van der Waals surface area contributed by atoms with Gasteiger partial charge in [0.1, 0.15) is 5.58 Å². The molecule has 0 fully saturated rings. The van der Waals surface area contributed by atoms with Gasteiger partial charge in [-0.1, -0.05) is 13.8 Å². The Labute approximate surface area is 152 Å². The van der Waals surface area contributed by atoms with E-state index in [9.17, 15) is 4.79 Å². The first kappa shape index (κ1) is 17.9. The summed E-state index contributed by atoms with van der Waals surface area (Å²) in [5.74, 6) is 0.440. The van der Waals surface area contributed by atoms with E-state index in [0.29, 0.717) is 11.5 Å². The maximum Gasteiger partial charge on any atom is 0.336 e. The second-order valence-corrected chi connectivity index (χ2v) is 8.15. The minimum Gasteiger partial charge on any atom is -0.423 e. The van der Waals surface area contributed by atoms with E-state index in [1.807, 2.05) is 6.07 Å². The van der Waals surface area contributed by atoms with Crippen molar-refractivity contribution >= 4 is 22.3 Å². The molecule has 0 unspecified atom stereocenters. The standard InChI is InChI=1S/C21H25NO2S/c1-13(2)17-10-18-16(9-21(23)24-19(18)8-15(17)4)11-22(5)12-20-14(3)6-7-25-20/h6-10,13H,11-12H2,1-5H3. The van der Waals surface area contributed by atoms with Gasteiger partial charge in [-0.3, -0.25) is 4.90 Å². The summed E-state index contributed by atoms with van der Waals surface area (Å²) in [6, 6.07) is 7.98. The fraction of sp³-hybridized carbons (Fsp3) is 0.381. The SMILES string of the molecule is Cc1cc2oc(=O)cc(CN(C)Cc3sccc3C)c2cc1C(C)C. The molecular weight excluding hydrogens is 330 g/mol. The number of hydrogen-bond donors (Lipinski definition) is 0. The van der Waals surface area contributed by atoms with E-state index in [2.05, 4.69) is 57.2 Å². The van der Waals surface area contributed by atoms with Crippen molar-refractivity contribution in [1.82, 2.24) is 4.90 Å². The maximum atomic E-state index is 12.0. The molecule has 0 spiro atoms. The molecule has 0 saturated heterocycles. The van der Waals surface area contributed by atoms with Gasteiger partial charge >= 0.3 is 5.63 Å². The Hall–Kier alpha value is -1.91. The summed E-state index contributed by atoms with van der Waals surface area (Å²) in [6.07, 6.45) is 0. The van der Waals surface area contributed by atoms with E-state index in [0.717, 1.165) is 24.0 Å². The lowest BCUT2D eigenvalue weighted by Crippen LogP contribution is -2.18. The number of aryl methyl sites for hydroxylation is 2. The molecule has 0 amide bonds. The molecule has 0 radical (unpaired) electrons. The summed E-state index contributed by atoms with van der Waals surface area (Å²) in [5, 5.41) is 3.17. The van der Waals surface area contributed by atoms with Gasteiger partial charge in [0.2, 0.25) is 0 Å². The number of rotatable bonds is 5. The number of nitrogens with zero attached hydrogens (tertiary/aromatic N) is 1. The normalized spacial score (nSPS) is 11.8. The summed E-state index contributed by atoms with van der Waals surface area (Å²) < 4.78 is 5.45. The van der Waals surface area contributed by atoms with Gasteiger partial charge in [0.05, 0.1) is 0 Å². The number of fused-ring (bicyclic) bond motifs is 1. The zero-order chi connectivity index (χ0) is 18.1. The zero-order valence-corrected chi connectivity index (χ0v) is 16.4. The van der Waals surface area contributed by atoms with Crippen LogP contribution < -0.4 is 5.63 Å². The van der Waals surface area contributed by atoms with E-state index >= 15 is 0 Å². The quantitative estimate of drug-likeness (QED) is 0.588. The van der Waals surface area contributed by atoms with E-state index in [1.165, 1.54) is 21.6 Å². The molecule has 132 valence electrons. The fourth-order valence-electron chi connectivity index (χ4n) is 3.30. The first-order valence-electron chi connectivity index (χ1n) is 8.64. The van der Waals surface area contributed by atoms with Gasteiger partial charge in [-0.2, -0.15) is 0 Å². The van der Waals surface area contributed by atoms with Crippen molar-refractivity contribution in [3.63, 3.8) is 0 Å². The molecule has 4 heteroatoms. The Balaban J connectivity index is 1.98. The fourth-order valence-corrected chi connectivity index (χ4v) is 4.29. The Bertz CT molecular complexity index is 952. The molecule has 0 saturated carbocycles. The lowest BCUT2D eigenvalue weighted by Gasteiger charge is -2.18. The van der Waals surface area contributed by atoms with Gasteiger partial charge in [0.25, 0.3) is 0 Å². The minimum absolute atomic E-state index is 0.278. The van der Waals surface area contributed by atoms with E-state index in [4.69, 9.17) is 4.42 Å². The molecule has 0 aliphatic rings. The van der Waals surface area contributed by atoms with Crippen molar-refractivity contribution in [2.75, 3.05) is 7.05 Å². The molecule has 3 aromatic rings. The summed E-state index contributed by atoms with van der Waals surface area (Å²) in [4.78, 5) is 15.6. The van der Waals surface area contributed by atoms with Crippen molar-refractivity contribution in [1.29, 1.82) is 0 Å². The molecule has 0 N–H and O–H groups in total. The zero-order valence-electron chi connectivity index (χ0n) is 15.6. The Morgan fingerprint density at radius 1 is 1.12 bits per heavy atom.